The molecule has 23 heavy (non-hydrogen) atoms. The van der Waals surface area contributed by atoms with Crippen molar-refractivity contribution in [3.8, 4) is 11.3 Å². The number of hydrogen-bond donors (Lipinski definition) is 2. The Morgan fingerprint density at radius 2 is 2.00 bits per heavy atom. The van der Waals surface area contributed by atoms with Crippen LogP contribution in [0.5, 0.6) is 0 Å². The monoisotopic (exact) mass is 311 g/mol. The molecule has 5 heteroatoms. The average molecular weight is 311 g/mol. The molecule has 1 aromatic carbocycles. The van der Waals surface area contributed by atoms with Crippen molar-refractivity contribution in [2.45, 2.75) is 19.1 Å². The highest BCUT2D eigenvalue weighted by Gasteiger charge is 2.25. The SMILES string of the molecule is Cn1cc(CNCC(C)(O)c2ccco2)c(-c2ccccc2)n1. The lowest BCUT2D eigenvalue weighted by atomic mass is 10.0. The van der Waals surface area contributed by atoms with Gasteiger partial charge in [0.05, 0.1) is 12.0 Å². The van der Waals surface area contributed by atoms with E-state index in [1.165, 1.54) is 0 Å². The molecule has 0 bridgehead atoms. The number of nitrogens with one attached hydrogen (secondary N) is 1. The van der Waals surface area contributed by atoms with Crippen molar-refractivity contribution in [3.63, 3.8) is 0 Å². The first-order chi connectivity index (χ1) is 11.1. The highest BCUT2D eigenvalue weighted by atomic mass is 16.4. The lowest BCUT2D eigenvalue weighted by Gasteiger charge is -2.21. The fraction of sp³-hybridized carbons (Fsp3) is 0.278. The quantitative estimate of drug-likeness (QED) is 0.734. The second-order valence-corrected chi connectivity index (χ2v) is 5.90. The lowest BCUT2D eigenvalue weighted by molar-refractivity contribution is 0.0340. The van der Waals surface area contributed by atoms with E-state index in [4.69, 9.17) is 4.42 Å². The van der Waals surface area contributed by atoms with Gasteiger partial charge in [0.15, 0.2) is 0 Å². The molecule has 0 fully saturated rings. The van der Waals surface area contributed by atoms with Gasteiger partial charge in [-0.3, -0.25) is 4.68 Å². The van der Waals surface area contributed by atoms with Crippen molar-refractivity contribution in [2.24, 2.45) is 7.05 Å². The van der Waals surface area contributed by atoms with Crippen LogP contribution in [0.25, 0.3) is 11.3 Å². The van der Waals surface area contributed by atoms with Crippen LogP contribution in [0.3, 0.4) is 0 Å². The predicted molar refractivity (Wildman–Crippen MR) is 88.6 cm³/mol. The van der Waals surface area contributed by atoms with Crippen LogP contribution in [0.1, 0.15) is 18.2 Å². The van der Waals surface area contributed by atoms with Crippen LogP contribution in [0.2, 0.25) is 0 Å². The minimum Gasteiger partial charge on any atom is -0.466 e. The van der Waals surface area contributed by atoms with E-state index in [0.29, 0.717) is 18.8 Å². The zero-order valence-electron chi connectivity index (χ0n) is 13.4. The smallest absolute Gasteiger partial charge is 0.136 e. The van der Waals surface area contributed by atoms with Gasteiger partial charge in [-0.25, -0.2) is 0 Å². The van der Waals surface area contributed by atoms with Gasteiger partial charge >= 0.3 is 0 Å². The van der Waals surface area contributed by atoms with E-state index < -0.39 is 5.60 Å². The topological polar surface area (TPSA) is 63.2 Å². The number of aromatic nitrogens is 2. The summed E-state index contributed by atoms with van der Waals surface area (Å²) in [4.78, 5) is 0. The van der Waals surface area contributed by atoms with E-state index >= 15 is 0 Å². The Morgan fingerprint density at radius 3 is 2.70 bits per heavy atom. The highest BCUT2D eigenvalue weighted by Crippen LogP contribution is 2.23. The van der Waals surface area contributed by atoms with E-state index in [0.717, 1.165) is 16.8 Å². The molecule has 120 valence electrons. The molecule has 1 unspecified atom stereocenters. The van der Waals surface area contributed by atoms with Gasteiger partial charge in [-0.2, -0.15) is 5.10 Å². The molecule has 1 atom stereocenters. The Bertz CT molecular complexity index is 746. The molecule has 0 aliphatic heterocycles. The number of furan rings is 1. The van der Waals surface area contributed by atoms with E-state index in [-0.39, 0.29) is 0 Å². The van der Waals surface area contributed by atoms with Gasteiger partial charge < -0.3 is 14.8 Å². The van der Waals surface area contributed by atoms with E-state index in [1.54, 1.807) is 25.3 Å². The van der Waals surface area contributed by atoms with Gasteiger partial charge in [-0.05, 0) is 19.1 Å². The molecular formula is C18H21N3O2. The highest BCUT2D eigenvalue weighted by molar-refractivity contribution is 5.62. The predicted octanol–water partition coefficient (Wildman–Crippen LogP) is 2.68. The zero-order chi connectivity index (χ0) is 16.3. The van der Waals surface area contributed by atoms with E-state index in [9.17, 15) is 5.11 Å². The number of aryl methyl sites for hydroxylation is 1. The molecule has 0 spiro atoms. The third-order valence-corrected chi connectivity index (χ3v) is 3.79. The summed E-state index contributed by atoms with van der Waals surface area (Å²) in [6.45, 7) is 2.75. The van der Waals surface area contributed by atoms with Crippen molar-refractivity contribution in [3.05, 3.63) is 66.2 Å². The minimum atomic E-state index is -1.04. The molecule has 0 radical (unpaired) electrons. The molecule has 0 aliphatic rings. The van der Waals surface area contributed by atoms with Gasteiger partial charge in [-0.15, -0.1) is 0 Å². The first-order valence-electron chi connectivity index (χ1n) is 7.61. The largest absolute Gasteiger partial charge is 0.466 e. The van der Waals surface area contributed by atoms with Crippen molar-refractivity contribution in [2.75, 3.05) is 6.54 Å². The van der Waals surface area contributed by atoms with E-state index in [1.807, 2.05) is 48.3 Å². The summed E-state index contributed by atoms with van der Waals surface area (Å²) in [5, 5.41) is 18.3. The summed E-state index contributed by atoms with van der Waals surface area (Å²) in [6.07, 6.45) is 3.56. The summed E-state index contributed by atoms with van der Waals surface area (Å²) < 4.78 is 7.10. The maximum atomic E-state index is 10.5. The fourth-order valence-corrected chi connectivity index (χ4v) is 2.62. The molecule has 0 amide bonds. The maximum Gasteiger partial charge on any atom is 0.136 e. The van der Waals surface area contributed by atoms with Gasteiger partial charge in [0.25, 0.3) is 0 Å². The molecule has 2 N–H and O–H groups in total. The first kappa shape index (κ1) is 15.5. The lowest BCUT2D eigenvalue weighted by Crippen LogP contribution is -2.34. The first-order valence-corrected chi connectivity index (χ1v) is 7.61. The van der Waals surface area contributed by atoms with Crippen LogP contribution in [-0.2, 0) is 19.2 Å². The third kappa shape index (κ3) is 3.52. The summed E-state index contributed by atoms with van der Waals surface area (Å²) in [5.74, 6) is 0.555. The molecule has 0 aliphatic carbocycles. The summed E-state index contributed by atoms with van der Waals surface area (Å²) in [6, 6.07) is 13.6. The second-order valence-electron chi connectivity index (χ2n) is 5.90. The molecule has 3 aromatic rings. The van der Waals surface area contributed by atoms with Gasteiger partial charge in [-0.1, -0.05) is 30.3 Å². The summed E-state index contributed by atoms with van der Waals surface area (Å²) in [5.41, 5.74) is 2.09. The van der Waals surface area contributed by atoms with E-state index in [2.05, 4.69) is 10.4 Å². The fourth-order valence-electron chi connectivity index (χ4n) is 2.62. The minimum absolute atomic E-state index is 0.392. The summed E-state index contributed by atoms with van der Waals surface area (Å²) in [7, 11) is 1.91. The number of rotatable bonds is 6. The molecule has 0 saturated carbocycles. The third-order valence-electron chi connectivity index (χ3n) is 3.79. The Labute approximate surface area is 135 Å². The number of aliphatic hydroxyl groups is 1. The Kier molecular flexibility index (Phi) is 4.32. The van der Waals surface area contributed by atoms with Crippen LogP contribution in [0.4, 0.5) is 0 Å². The molecule has 2 heterocycles. The number of benzene rings is 1. The molecule has 3 rings (SSSR count). The van der Waals surface area contributed by atoms with Crippen molar-refractivity contribution in [1.29, 1.82) is 0 Å². The van der Waals surface area contributed by atoms with Crippen LogP contribution >= 0.6 is 0 Å². The molecule has 0 saturated heterocycles. The van der Waals surface area contributed by atoms with Crippen molar-refractivity contribution >= 4 is 0 Å². The summed E-state index contributed by atoms with van der Waals surface area (Å²) >= 11 is 0. The Hall–Kier alpha value is -2.37. The van der Waals surface area contributed by atoms with Crippen molar-refractivity contribution < 1.29 is 9.52 Å². The zero-order valence-corrected chi connectivity index (χ0v) is 13.4. The van der Waals surface area contributed by atoms with Crippen LogP contribution in [-0.4, -0.2) is 21.4 Å². The molecule has 2 aromatic heterocycles. The number of nitrogens with zero attached hydrogens (tertiary/aromatic N) is 2. The standard InChI is InChI=1S/C18H21N3O2/c1-18(22,16-9-6-10-23-16)13-19-11-15-12-21(2)20-17(15)14-7-4-3-5-8-14/h3-10,12,19,22H,11,13H2,1-2H3. The van der Waals surface area contributed by atoms with Gasteiger partial charge in [0.2, 0.25) is 0 Å². The van der Waals surface area contributed by atoms with Crippen LogP contribution < -0.4 is 5.32 Å². The maximum absolute atomic E-state index is 10.5. The van der Waals surface area contributed by atoms with Gasteiger partial charge in [0.1, 0.15) is 11.4 Å². The van der Waals surface area contributed by atoms with Crippen molar-refractivity contribution in [1.82, 2.24) is 15.1 Å². The average Bonchev–Trinajstić information content (AvgIpc) is 3.18. The molecular weight excluding hydrogens is 290 g/mol. The molecule has 5 nitrogen and oxygen atoms in total. The second kappa shape index (κ2) is 6.40. The number of hydrogen-bond acceptors (Lipinski definition) is 4. The normalized spacial score (nSPS) is 13.9. The van der Waals surface area contributed by atoms with Crippen LogP contribution in [0, 0.1) is 0 Å². The van der Waals surface area contributed by atoms with Gasteiger partial charge in [0, 0.05) is 37.5 Å². The van der Waals surface area contributed by atoms with Crippen LogP contribution in [0.15, 0.2) is 59.3 Å². The Morgan fingerprint density at radius 1 is 1.22 bits per heavy atom. The Balaban J connectivity index is 1.70.